The van der Waals surface area contributed by atoms with E-state index < -0.39 is 29.9 Å². The van der Waals surface area contributed by atoms with Gasteiger partial charge < -0.3 is 15.3 Å². The van der Waals surface area contributed by atoms with Crippen LogP contribution in [0.4, 0.5) is 0 Å². The van der Waals surface area contributed by atoms with Crippen molar-refractivity contribution in [1.82, 2.24) is 20.4 Å². The van der Waals surface area contributed by atoms with E-state index >= 15 is 0 Å². The lowest BCUT2D eigenvalue weighted by atomic mass is 10.2. The van der Waals surface area contributed by atoms with Crippen LogP contribution in [0.5, 0.6) is 0 Å². The van der Waals surface area contributed by atoms with Crippen molar-refractivity contribution < 1.29 is 19.5 Å². The third kappa shape index (κ3) is 2.82. The minimum atomic E-state index is -1.02. The molecule has 1 aliphatic heterocycles. The van der Waals surface area contributed by atoms with Gasteiger partial charge in [-0.2, -0.15) is 5.10 Å². The first-order valence-corrected chi connectivity index (χ1v) is 7.76. The highest BCUT2D eigenvalue weighted by molar-refractivity contribution is 6.06. The molecule has 1 saturated heterocycles. The zero-order chi connectivity index (χ0) is 17.3. The second-order valence-corrected chi connectivity index (χ2v) is 5.84. The number of carbonyl (C=O) groups is 3. The van der Waals surface area contributed by atoms with Crippen LogP contribution in [0.1, 0.15) is 30.3 Å². The predicted molar refractivity (Wildman–Crippen MR) is 85.4 cm³/mol. The fraction of sp³-hybridized carbons (Fsp3) is 0.375. The van der Waals surface area contributed by atoms with Crippen molar-refractivity contribution in [2.24, 2.45) is 0 Å². The highest BCUT2D eigenvalue weighted by atomic mass is 16.4. The fourth-order valence-corrected chi connectivity index (χ4v) is 3.00. The minimum absolute atomic E-state index is 0.210. The minimum Gasteiger partial charge on any atom is -0.480 e. The number of benzene rings is 1. The van der Waals surface area contributed by atoms with E-state index in [0.717, 1.165) is 5.52 Å². The molecule has 0 radical (unpaired) electrons. The number of likely N-dealkylation sites (tertiary alicyclic amines) is 1. The summed E-state index contributed by atoms with van der Waals surface area (Å²) >= 11 is 0. The maximum absolute atomic E-state index is 12.4. The van der Waals surface area contributed by atoms with Crippen LogP contribution in [0.15, 0.2) is 24.3 Å². The topological polar surface area (TPSA) is 115 Å². The Hall–Kier alpha value is -2.90. The van der Waals surface area contributed by atoms with Gasteiger partial charge in [-0.25, -0.2) is 4.79 Å². The van der Waals surface area contributed by atoms with Gasteiger partial charge in [0.2, 0.25) is 5.91 Å². The molecule has 0 spiro atoms. The summed E-state index contributed by atoms with van der Waals surface area (Å²) in [7, 11) is 0. The van der Waals surface area contributed by atoms with Crippen LogP contribution in [0, 0.1) is 0 Å². The Kier molecular flexibility index (Phi) is 4.20. The van der Waals surface area contributed by atoms with Gasteiger partial charge in [-0.1, -0.05) is 18.2 Å². The van der Waals surface area contributed by atoms with E-state index in [4.69, 9.17) is 5.11 Å². The van der Waals surface area contributed by atoms with Gasteiger partial charge >= 0.3 is 5.97 Å². The number of carbonyl (C=O) groups excluding carboxylic acids is 2. The number of nitrogens with zero attached hydrogens (tertiary/aromatic N) is 2. The first-order chi connectivity index (χ1) is 11.5. The van der Waals surface area contributed by atoms with Gasteiger partial charge in [0.05, 0.1) is 5.52 Å². The van der Waals surface area contributed by atoms with E-state index in [0.29, 0.717) is 24.8 Å². The van der Waals surface area contributed by atoms with E-state index in [1.54, 1.807) is 25.1 Å². The summed E-state index contributed by atoms with van der Waals surface area (Å²) in [5, 5.41) is 19.2. The van der Waals surface area contributed by atoms with Gasteiger partial charge in [0.1, 0.15) is 12.1 Å². The molecular weight excluding hydrogens is 312 g/mol. The zero-order valence-corrected chi connectivity index (χ0v) is 13.2. The van der Waals surface area contributed by atoms with E-state index in [1.165, 1.54) is 4.90 Å². The van der Waals surface area contributed by atoms with Gasteiger partial charge in [-0.3, -0.25) is 14.7 Å². The lowest BCUT2D eigenvalue weighted by molar-refractivity contribution is -0.148. The third-order valence-electron chi connectivity index (χ3n) is 4.22. The van der Waals surface area contributed by atoms with Gasteiger partial charge in [0.25, 0.3) is 5.91 Å². The van der Waals surface area contributed by atoms with E-state index in [9.17, 15) is 14.4 Å². The predicted octanol–water partition coefficient (Wildman–Crippen LogP) is 0.757. The number of hydrogen-bond acceptors (Lipinski definition) is 4. The van der Waals surface area contributed by atoms with Crippen molar-refractivity contribution in [1.29, 1.82) is 0 Å². The summed E-state index contributed by atoms with van der Waals surface area (Å²) < 4.78 is 0. The van der Waals surface area contributed by atoms with E-state index in [-0.39, 0.29) is 5.69 Å². The van der Waals surface area contributed by atoms with Crippen molar-refractivity contribution in [2.45, 2.75) is 31.8 Å². The molecule has 2 aromatic rings. The molecule has 0 aliphatic carbocycles. The Morgan fingerprint density at radius 1 is 1.38 bits per heavy atom. The average Bonchev–Trinajstić information content (AvgIpc) is 3.20. The molecule has 1 aromatic carbocycles. The Balaban J connectivity index is 1.72. The number of nitrogens with one attached hydrogen (secondary N) is 2. The van der Waals surface area contributed by atoms with Crippen LogP contribution >= 0.6 is 0 Å². The van der Waals surface area contributed by atoms with Crippen LogP contribution in [-0.2, 0) is 9.59 Å². The zero-order valence-electron chi connectivity index (χ0n) is 13.2. The normalized spacial score (nSPS) is 18.5. The van der Waals surface area contributed by atoms with Gasteiger partial charge in [-0.15, -0.1) is 0 Å². The smallest absolute Gasteiger partial charge is 0.326 e. The maximum Gasteiger partial charge on any atom is 0.326 e. The molecule has 1 fully saturated rings. The van der Waals surface area contributed by atoms with Crippen molar-refractivity contribution in [3.63, 3.8) is 0 Å². The number of carboxylic acid groups (broad SMARTS) is 1. The molecule has 2 atom stereocenters. The summed E-state index contributed by atoms with van der Waals surface area (Å²) in [6, 6.07) is 5.55. The number of H-pyrrole nitrogens is 1. The molecule has 8 heteroatoms. The lowest BCUT2D eigenvalue weighted by Gasteiger charge is -2.25. The first-order valence-electron chi connectivity index (χ1n) is 7.76. The molecule has 0 bridgehead atoms. The van der Waals surface area contributed by atoms with Crippen LogP contribution in [0.2, 0.25) is 0 Å². The summed E-state index contributed by atoms with van der Waals surface area (Å²) in [5.74, 6) is -1.88. The number of amides is 2. The van der Waals surface area contributed by atoms with Crippen molar-refractivity contribution in [3.05, 3.63) is 30.0 Å². The van der Waals surface area contributed by atoms with E-state index in [1.807, 2.05) is 6.07 Å². The summed E-state index contributed by atoms with van der Waals surface area (Å²) in [5.41, 5.74) is 0.938. The molecule has 3 N–H and O–H groups in total. The quantitative estimate of drug-likeness (QED) is 0.765. The van der Waals surface area contributed by atoms with Crippen LogP contribution < -0.4 is 5.32 Å². The molecule has 0 saturated carbocycles. The third-order valence-corrected chi connectivity index (χ3v) is 4.22. The standard InChI is InChI=1S/C16H18N4O4/c1-9(15(22)20-8-4-7-12(20)16(23)24)17-14(21)13-10-5-2-3-6-11(10)18-19-13/h2-3,5-6,9,12H,4,7-8H2,1H3,(H,17,21)(H,18,19)(H,23,24)/t9?,12-/m1/s1. The molecule has 3 rings (SSSR count). The Bertz CT molecular complexity index is 800. The number of fused-ring (bicyclic) bond motifs is 1. The molecular formula is C16H18N4O4. The number of para-hydroxylation sites is 1. The summed E-state index contributed by atoms with van der Waals surface area (Å²) in [4.78, 5) is 37.3. The molecule has 2 heterocycles. The molecule has 1 aliphatic rings. The van der Waals surface area contributed by atoms with E-state index in [2.05, 4.69) is 15.5 Å². The number of aromatic amines is 1. The molecule has 2 amide bonds. The van der Waals surface area contributed by atoms with Crippen molar-refractivity contribution in [3.8, 4) is 0 Å². The number of hydrogen-bond donors (Lipinski definition) is 3. The largest absolute Gasteiger partial charge is 0.480 e. The van der Waals surface area contributed by atoms with Gasteiger partial charge in [0, 0.05) is 11.9 Å². The lowest BCUT2D eigenvalue weighted by Crippen LogP contribution is -2.50. The Labute approximate surface area is 137 Å². The summed E-state index contributed by atoms with van der Waals surface area (Å²) in [6.45, 7) is 1.94. The van der Waals surface area contributed by atoms with Crippen molar-refractivity contribution in [2.75, 3.05) is 6.54 Å². The number of aliphatic carboxylic acids is 1. The maximum atomic E-state index is 12.4. The fourth-order valence-electron chi connectivity index (χ4n) is 3.00. The first kappa shape index (κ1) is 16.0. The second kappa shape index (κ2) is 6.31. The monoisotopic (exact) mass is 330 g/mol. The molecule has 8 nitrogen and oxygen atoms in total. The Morgan fingerprint density at radius 2 is 2.12 bits per heavy atom. The highest BCUT2D eigenvalue weighted by Crippen LogP contribution is 2.19. The van der Waals surface area contributed by atoms with Gasteiger partial charge in [0.15, 0.2) is 5.69 Å². The van der Waals surface area contributed by atoms with Gasteiger partial charge in [-0.05, 0) is 25.8 Å². The summed E-state index contributed by atoms with van der Waals surface area (Å²) in [6.07, 6.45) is 1.08. The highest BCUT2D eigenvalue weighted by Gasteiger charge is 2.36. The molecule has 126 valence electrons. The Morgan fingerprint density at radius 3 is 2.88 bits per heavy atom. The molecule has 1 aromatic heterocycles. The average molecular weight is 330 g/mol. The second-order valence-electron chi connectivity index (χ2n) is 5.84. The van der Waals surface area contributed by atoms with Crippen LogP contribution in [0.3, 0.4) is 0 Å². The SMILES string of the molecule is CC(NC(=O)c1n[nH]c2ccccc12)C(=O)N1CCC[C@@H]1C(=O)O. The van der Waals surface area contributed by atoms with Crippen LogP contribution in [-0.4, -0.2) is 56.6 Å². The van der Waals surface area contributed by atoms with Crippen molar-refractivity contribution >= 4 is 28.7 Å². The number of rotatable bonds is 4. The number of carboxylic acids is 1. The van der Waals surface area contributed by atoms with Crippen LogP contribution in [0.25, 0.3) is 10.9 Å². The molecule has 24 heavy (non-hydrogen) atoms. The number of aromatic nitrogens is 2. The molecule has 1 unspecified atom stereocenters.